The molecule has 2 aliphatic carbocycles. The van der Waals surface area contributed by atoms with Crippen LogP contribution in [-0.2, 0) is 52.4 Å². The van der Waals surface area contributed by atoms with Crippen molar-refractivity contribution in [2.75, 3.05) is 78.8 Å². The van der Waals surface area contributed by atoms with E-state index in [2.05, 4.69) is 147 Å². The van der Waals surface area contributed by atoms with Crippen LogP contribution >= 0.6 is 0 Å². The maximum Gasteiger partial charge on any atom is 0.119 e. The standard InChI is InChI=1S/C24H28N2O2.C24H39NO2.C23H27N3O2.2C22H25N3O2/c1-19-9-11-24(12-10-19)28-18-23(27)17-26(15-21-7-5-13-25-14-21)16-22-8-4-3-6-20(22)2;1-20-12-14-24(15-13-20)27-19-23(26)18-25(16-21-8-4-2-5-9-21)17-22-10-6-3-7-11-22;1-18-7-9-23(10-8-18)28-16-22(27)15-26(13-20-11-24-17-25-12-20)14-21-6-4-3-5-19(21)2;1-18-6-8-22(9-7-18)27-17-21(26)16-25(14-19-4-2-10-23-12-19)15-20-5-3-11-24-13-20;1-18-7-9-22(10-8-18)27-16-21(26)15-25(13-19-5-3-2-4-6-19)14-20-11-23-17-24-12-20/h3-14,23,27H,15-18H2,1-2H3;12-15,21-23,26H,2-11,16-19H2,1H3;3-12,17,22,27H,13-16H2,1-2H3;2-13,21,26H,14-17H2,1H3;2-12,17,21,26H,13-16H2,1H3. The van der Waals surface area contributed by atoms with Gasteiger partial charge in [0.2, 0.25) is 0 Å². The van der Waals surface area contributed by atoms with E-state index in [9.17, 15) is 25.5 Å². The molecule has 5 unspecified atom stereocenters. The Kier molecular flexibility index (Phi) is 46.1. The molecule has 5 N–H and O–H groups in total. The van der Waals surface area contributed by atoms with Crippen LogP contribution < -0.4 is 23.7 Å². The fourth-order valence-corrected chi connectivity index (χ4v) is 16.8. The zero-order valence-corrected chi connectivity index (χ0v) is 81.3. The molecular formula is C115H144N12O10. The van der Waals surface area contributed by atoms with Crippen molar-refractivity contribution in [1.82, 2.24) is 59.4 Å². The quantitative estimate of drug-likeness (QED) is 0.0238. The van der Waals surface area contributed by atoms with Gasteiger partial charge in [0.25, 0.3) is 0 Å². The van der Waals surface area contributed by atoms with Gasteiger partial charge in [0.1, 0.15) is 105 Å². The highest BCUT2D eigenvalue weighted by Crippen LogP contribution is 2.30. The minimum absolute atomic E-state index is 0.249. The van der Waals surface area contributed by atoms with Crippen molar-refractivity contribution in [1.29, 1.82) is 0 Å². The number of hydrogen-bond acceptors (Lipinski definition) is 22. The van der Waals surface area contributed by atoms with Crippen LogP contribution in [0.2, 0.25) is 0 Å². The first-order chi connectivity index (χ1) is 66.8. The van der Waals surface area contributed by atoms with Gasteiger partial charge < -0.3 is 54.1 Å². The largest absolute Gasteiger partial charge is 0.491 e. The van der Waals surface area contributed by atoms with Gasteiger partial charge in [-0.1, -0.05) is 224 Å². The fourth-order valence-electron chi connectivity index (χ4n) is 16.8. The van der Waals surface area contributed by atoms with E-state index in [-0.39, 0.29) is 26.4 Å². The molecule has 724 valence electrons. The van der Waals surface area contributed by atoms with Gasteiger partial charge in [-0.2, -0.15) is 0 Å². The van der Waals surface area contributed by atoms with Crippen LogP contribution in [0.25, 0.3) is 0 Å². The van der Waals surface area contributed by atoms with E-state index in [0.29, 0.717) is 59.0 Å². The number of aliphatic hydroxyl groups is 5. The van der Waals surface area contributed by atoms with Crippen LogP contribution in [0.5, 0.6) is 28.7 Å². The molecule has 8 aromatic carbocycles. The number of benzene rings is 8. The van der Waals surface area contributed by atoms with Crippen molar-refractivity contribution >= 4 is 0 Å². The number of aromatic nitrogens is 7. The molecule has 13 aromatic rings. The monoisotopic (exact) mass is 1850 g/mol. The summed E-state index contributed by atoms with van der Waals surface area (Å²) in [5, 5.41) is 52.8. The minimum Gasteiger partial charge on any atom is -0.491 e. The molecule has 2 fully saturated rings. The highest BCUT2D eigenvalue weighted by Gasteiger charge is 2.26. The molecule has 22 heteroatoms. The van der Waals surface area contributed by atoms with Gasteiger partial charge in [0, 0.05) is 171 Å². The van der Waals surface area contributed by atoms with E-state index >= 15 is 0 Å². The molecule has 5 heterocycles. The summed E-state index contributed by atoms with van der Waals surface area (Å²) in [4.78, 5) is 40.3. The summed E-state index contributed by atoms with van der Waals surface area (Å²) in [6, 6.07) is 78.4. The van der Waals surface area contributed by atoms with Gasteiger partial charge in [-0.15, -0.1) is 0 Å². The molecule has 0 spiro atoms. The number of ether oxygens (including phenoxy) is 5. The van der Waals surface area contributed by atoms with Gasteiger partial charge in [0.05, 0.1) is 0 Å². The van der Waals surface area contributed by atoms with Gasteiger partial charge in [-0.05, 0) is 209 Å². The molecule has 22 nitrogen and oxygen atoms in total. The summed E-state index contributed by atoms with van der Waals surface area (Å²) in [7, 11) is 0. The molecule has 5 atom stereocenters. The predicted octanol–water partition coefficient (Wildman–Crippen LogP) is 19.3. The number of nitrogens with zero attached hydrogens (tertiary/aromatic N) is 12. The first kappa shape index (κ1) is 105. The highest BCUT2D eigenvalue weighted by atomic mass is 16.5. The van der Waals surface area contributed by atoms with E-state index in [1.165, 1.54) is 132 Å². The van der Waals surface area contributed by atoms with Crippen LogP contribution in [0.15, 0.2) is 311 Å². The Bertz CT molecular complexity index is 4970. The lowest BCUT2D eigenvalue weighted by molar-refractivity contribution is 0.0507. The highest BCUT2D eigenvalue weighted by molar-refractivity contribution is 5.32. The number of aryl methyl sites for hydroxylation is 7. The van der Waals surface area contributed by atoms with E-state index in [4.69, 9.17) is 23.7 Å². The first-order valence-corrected chi connectivity index (χ1v) is 48.5. The van der Waals surface area contributed by atoms with Crippen LogP contribution in [0.1, 0.15) is 148 Å². The summed E-state index contributed by atoms with van der Waals surface area (Å²) in [6.07, 6.45) is 32.2. The van der Waals surface area contributed by atoms with Gasteiger partial charge in [-0.3, -0.25) is 34.6 Å². The second-order valence-electron chi connectivity index (χ2n) is 36.7. The molecule has 0 amide bonds. The van der Waals surface area contributed by atoms with Crippen molar-refractivity contribution in [2.45, 2.75) is 196 Å². The third-order valence-electron chi connectivity index (χ3n) is 24.1. The molecule has 15 rings (SSSR count). The molecular weight excluding hydrogens is 1710 g/mol. The molecule has 2 aliphatic rings. The van der Waals surface area contributed by atoms with E-state index in [1.54, 1.807) is 31.0 Å². The summed E-state index contributed by atoms with van der Waals surface area (Å²) < 4.78 is 28.8. The zero-order chi connectivity index (χ0) is 96.2. The summed E-state index contributed by atoms with van der Waals surface area (Å²) in [6.45, 7) is 26.6. The van der Waals surface area contributed by atoms with E-state index in [0.717, 1.165) is 114 Å². The topological polar surface area (TPSA) is 254 Å². The predicted molar refractivity (Wildman–Crippen MR) is 545 cm³/mol. The Labute approximate surface area is 813 Å². The average Bonchev–Trinajstić information content (AvgIpc) is 0.857. The van der Waals surface area contributed by atoms with Crippen molar-refractivity contribution in [2.24, 2.45) is 11.8 Å². The molecule has 0 radical (unpaired) electrons. The van der Waals surface area contributed by atoms with Gasteiger partial charge in [0.15, 0.2) is 0 Å². The smallest absolute Gasteiger partial charge is 0.119 e. The molecule has 0 aliphatic heterocycles. The second kappa shape index (κ2) is 59.9. The molecule has 137 heavy (non-hydrogen) atoms. The lowest BCUT2D eigenvalue weighted by atomic mass is 9.87. The molecule has 5 aromatic heterocycles. The van der Waals surface area contributed by atoms with E-state index < -0.39 is 30.5 Å². The Hall–Kier alpha value is -12.0. The fraction of sp³-hybridized carbons (Fsp3) is 0.383. The number of rotatable bonds is 45. The van der Waals surface area contributed by atoms with Crippen molar-refractivity contribution in [3.05, 3.63) is 395 Å². The molecule has 2 saturated carbocycles. The van der Waals surface area contributed by atoms with Crippen molar-refractivity contribution < 1.29 is 49.2 Å². The maximum atomic E-state index is 10.6. The van der Waals surface area contributed by atoms with Crippen LogP contribution in [0, 0.1) is 60.3 Å². The number of aliphatic hydroxyl groups excluding tert-OH is 5. The van der Waals surface area contributed by atoms with Crippen LogP contribution in [0.3, 0.4) is 0 Å². The Balaban J connectivity index is 0.000000164. The summed E-state index contributed by atoms with van der Waals surface area (Å²) >= 11 is 0. The Morgan fingerprint density at radius 1 is 0.248 bits per heavy atom. The minimum atomic E-state index is -0.602. The van der Waals surface area contributed by atoms with Crippen LogP contribution in [0.4, 0.5) is 0 Å². The second-order valence-corrected chi connectivity index (χ2v) is 36.7. The van der Waals surface area contributed by atoms with Gasteiger partial charge in [-0.25, -0.2) is 19.9 Å². The lowest BCUT2D eigenvalue weighted by Crippen LogP contribution is -2.41. The third-order valence-corrected chi connectivity index (χ3v) is 24.1. The zero-order valence-electron chi connectivity index (χ0n) is 81.3. The normalized spacial score (nSPS) is 13.8. The molecule has 0 saturated heterocycles. The first-order valence-electron chi connectivity index (χ1n) is 48.5. The molecule has 0 bridgehead atoms. The summed E-state index contributed by atoms with van der Waals surface area (Å²) in [5.41, 5.74) is 17.5. The third kappa shape index (κ3) is 42.2. The lowest BCUT2D eigenvalue weighted by Gasteiger charge is -2.34. The van der Waals surface area contributed by atoms with E-state index in [1.807, 2.05) is 229 Å². The average molecular weight is 1850 g/mol. The summed E-state index contributed by atoms with van der Waals surface area (Å²) in [5.74, 6) is 5.59. The van der Waals surface area contributed by atoms with Crippen molar-refractivity contribution in [3.63, 3.8) is 0 Å². The number of pyridine rings is 3. The van der Waals surface area contributed by atoms with Crippen LogP contribution in [-0.4, -0.2) is 194 Å². The number of hydrogen-bond donors (Lipinski definition) is 5. The van der Waals surface area contributed by atoms with Crippen molar-refractivity contribution in [3.8, 4) is 28.7 Å². The Morgan fingerprint density at radius 3 is 0.766 bits per heavy atom. The SMILES string of the molecule is Cc1ccc(OCC(O)CN(CC2CCCCC2)CC2CCCCC2)cc1.Cc1ccc(OCC(O)CN(Cc2ccccc2)Cc2cncnc2)cc1.Cc1ccc(OCC(O)CN(Cc2cccnc2)Cc2ccccc2C)cc1.Cc1ccc(OCC(O)CN(Cc2cccnc2)Cc2cccnc2)cc1.Cc1ccc(OCC(O)CN(Cc2cncnc2)Cc2ccccc2C)cc1. The van der Waals surface area contributed by atoms with Gasteiger partial charge >= 0.3 is 0 Å². The Morgan fingerprint density at radius 2 is 0.489 bits per heavy atom. The maximum absolute atomic E-state index is 10.6.